The molecule has 18 heavy (non-hydrogen) atoms. The van der Waals surface area contributed by atoms with Gasteiger partial charge in [0, 0.05) is 5.75 Å². The van der Waals surface area contributed by atoms with Crippen LogP contribution >= 0.6 is 11.8 Å². The first-order valence-electron chi connectivity index (χ1n) is 6.51. The molecule has 2 fully saturated rings. The van der Waals surface area contributed by atoms with Gasteiger partial charge in [-0.05, 0) is 6.42 Å². The summed E-state index contributed by atoms with van der Waals surface area (Å²) in [4.78, 5) is 24.5. The van der Waals surface area contributed by atoms with Gasteiger partial charge in [-0.2, -0.15) is 0 Å². The van der Waals surface area contributed by atoms with Gasteiger partial charge in [-0.3, -0.25) is 4.79 Å². The SMILES string of the molecule is CCCCCC1C(=O)N2CC(OC(N)=O)CS[C@H]12. The van der Waals surface area contributed by atoms with Crippen LogP contribution in [0.4, 0.5) is 4.79 Å². The molecule has 2 rings (SSSR count). The van der Waals surface area contributed by atoms with Gasteiger partial charge in [0.25, 0.3) is 0 Å². The Balaban J connectivity index is 1.80. The van der Waals surface area contributed by atoms with Gasteiger partial charge in [0.05, 0.1) is 17.8 Å². The molecule has 2 N–H and O–H groups in total. The summed E-state index contributed by atoms with van der Waals surface area (Å²) in [6, 6.07) is 0. The molecule has 2 aliphatic rings. The number of carbonyl (C=O) groups is 2. The lowest BCUT2D eigenvalue weighted by atomic mass is 9.91. The number of hydrogen-bond donors (Lipinski definition) is 1. The molecule has 0 saturated carbocycles. The number of hydrogen-bond acceptors (Lipinski definition) is 4. The van der Waals surface area contributed by atoms with Crippen molar-refractivity contribution in [3.05, 3.63) is 0 Å². The zero-order chi connectivity index (χ0) is 13.1. The van der Waals surface area contributed by atoms with Gasteiger partial charge in [-0.15, -0.1) is 11.8 Å². The van der Waals surface area contributed by atoms with Crippen LogP contribution in [0.25, 0.3) is 0 Å². The highest BCUT2D eigenvalue weighted by molar-refractivity contribution is 8.00. The molecule has 2 unspecified atom stereocenters. The Morgan fingerprint density at radius 2 is 2.33 bits per heavy atom. The monoisotopic (exact) mass is 272 g/mol. The third-order valence-electron chi connectivity index (χ3n) is 3.51. The first-order valence-corrected chi connectivity index (χ1v) is 7.56. The van der Waals surface area contributed by atoms with Crippen molar-refractivity contribution in [3.8, 4) is 0 Å². The summed E-state index contributed by atoms with van der Waals surface area (Å²) in [5.74, 6) is 1.12. The molecule has 0 spiro atoms. The molecule has 0 aromatic heterocycles. The van der Waals surface area contributed by atoms with Gasteiger partial charge >= 0.3 is 6.09 Å². The fourth-order valence-corrected chi connectivity index (χ4v) is 4.03. The maximum absolute atomic E-state index is 12.0. The van der Waals surface area contributed by atoms with Crippen LogP contribution in [0.15, 0.2) is 0 Å². The van der Waals surface area contributed by atoms with Crippen molar-refractivity contribution in [2.24, 2.45) is 11.7 Å². The number of β-lactam (4-membered cyclic amide) rings is 1. The fourth-order valence-electron chi connectivity index (χ4n) is 2.59. The van der Waals surface area contributed by atoms with E-state index in [9.17, 15) is 9.59 Å². The Labute approximate surface area is 111 Å². The molecule has 0 aromatic carbocycles. The second-order valence-electron chi connectivity index (χ2n) is 4.88. The summed E-state index contributed by atoms with van der Waals surface area (Å²) < 4.78 is 4.95. The highest BCUT2D eigenvalue weighted by Gasteiger charge is 2.50. The van der Waals surface area contributed by atoms with Gasteiger partial charge in [-0.25, -0.2) is 4.79 Å². The molecule has 102 valence electrons. The summed E-state index contributed by atoms with van der Waals surface area (Å²) in [7, 11) is 0. The maximum Gasteiger partial charge on any atom is 0.404 e. The summed E-state index contributed by atoms with van der Waals surface area (Å²) in [6.07, 6.45) is 3.48. The fraction of sp³-hybridized carbons (Fsp3) is 0.833. The molecule has 2 amide bonds. The van der Waals surface area contributed by atoms with E-state index >= 15 is 0 Å². The third-order valence-corrected chi connectivity index (χ3v) is 5.00. The van der Waals surface area contributed by atoms with Crippen LogP contribution in [-0.4, -0.2) is 40.7 Å². The molecule has 6 heteroatoms. The van der Waals surface area contributed by atoms with E-state index in [4.69, 9.17) is 10.5 Å². The topological polar surface area (TPSA) is 72.6 Å². The van der Waals surface area contributed by atoms with E-state index < -0.39 is 6.09 Å². The van der Waals surface area contributed by atoms with Crippen molar-refractivity contribution in [3.63, 3.8) is 0 Å². The molecule has 5 nitrogen and oxygen atoms in total. The predicted octanol–water partition coefficient (Wildman–Crippen LogP) is 1.56. The summed E-state index contributed by atoms with van der Waals surface area (Å²) in [5, 5.41) is 0.294. The molecule has 3 atom stereocenters. The lowest BCUT2D eigenvalue weighted by molar-refractivity contribution is -0.153. The molecule has 0 aliphatic carbocycles. The van der Waals surface area contributed by atoms with E-state index in [2.05, 4.69) is 6.92 Å². The minimum atomic E-state index is -0.758. The van der Waals surface area contributed by atoms with Crippen LogP contribution in [-0.2, 0) is 9.53 Å². The average Bonchev–Trinajstić information content (AvgIpc) is 2.34. The minimum absolute atomic E-state index is 0.177. The normalized spacial score (nSPS) is 30.6. The first-order chi connectivity index (χ1) is 8.63. The van der Waals surface area contributed by atoms with Crippen LogP contribution in [0, 0.1) is 5.92 Å². The van der Waals surface area contributed by atoms with Crippen molar-refractivity contribution in [2.45, 2.75) is 44.1 Å². The van der Waals surface area contributed by atoms with Crippen LogP contribution in [0.1, 0.15) is 32.6 Å². The summed E-state index contributed by atoms with van der Waals surface area (Å²) in [6.45, 7) is 2.67. The average molecular weight is 272 g/mol. The lowest BCUT2D eigenvalue weighted by Crippen LogP contribution is -2.64. The Kier molecular flexibility index (Phi) is 4.37. The van der Waals surface area contributed by atoms with Crippen molar-refractivity contribution in [2.75, 3.05) is 12.3 Å². The second-order valence-corrected chi connectivity index (χ2v) is 6.03. The van der Waals surface area contributed by atoms with Crippen LogP contribution < -0.4 is 5.73 Å². The number of nitrogens with two attached hydrogens (primary N) is 1. The maximum atomic E-state index is 12.0. The van der Waals surface area contributed by atoms with Gasteiger partial charge in [0.2, 0.25) is 5.91 Å². The van der Waals surface area contributed by atoms with Crippen molar-refractivity contribution in [1.29, 1.82) is 0 Å². The number of unbranched alkanes of at least 4 members (excludes halogenated alkanes) is 2. The Morgan fingerprint density at radius 1 is 1.56 bits per heavy atom. The van der Waals surface area contributed by atoms with Crippen molar-refractivity contribution >= 4 is 23.8 Å². The molecular formula is C12H20N2O3S. The van der Waals surface area contributed by atoms with Crippen LogP contribution in [0.2, 0.25) is 0 Å². The van der Waals surface area contributed by atoms with Crippen LogP contribution in [0.3, 0.4) is 0 Å². The van der Waals surface area contributed by atoms with Crippen molar-refractivity contribution < 1.29 is 14.3 Å². The first kappa shape index (κ1) is 13.5. The van der Waals surface area contributed by atoms with E-state index in [1.54, 1.807) is 11.8 Å². The highest BCUT2D eigenvalue weighted by Crippen LogP contribution is 2.41. The summed E-state index contributed by atoms with van der Waals surface area (Å²) in [5.41, 5.74) is 4.99. The third kappa shape index (κ3) is 2.74. The predicted molar refractivity (Wildman–Crippen MR) is 70.0 cm³/mol. The number of carbonyl (C=O) groups excluding carboxylic acids is 2. The molecule has 0 bridgehead atoms. The van der Waals surface area contributed by atoms with E-state index in [1.807, 2.05) is 4.90 Å². The molecule has 0 aromatic rings. The quantitative estimate of drug-likeness (QED) is 0.609. The van der Waals surface area contributed by atoms with Gasteiger partial charge in [-0.1, -0.05) is 26.2 Å². The molecule has 2 heterocycles. The number of amides is 2. The smallest absolute Gasteiger partial charge is 0.404 e. The minimum Gasteiger partial charge on any atom is -0.444 e. The molecular weight excluding hydrogens is 252 g/mol. The number of ether oxygens (including phenoxy) is 1. The number of fused-ring (bicyclic) bond motifs is 1. The number of thioether (sulfide) groups is 1. The van der Waals surface area contributed by atoms with Gasteiger partial charge in [0.1, 0.15) is 6.10 Å². The molecule has 2 saturated heterocycles. The second kappa shape index (κ2) is 5.82. The van der Waals surface area contributed by atoms with Crippen LogP contribution in [0.5, 0.6) is 0 Å². The summed E-state index contributed by atoms with van der Waals surface area (Å²) >= 11 is 1.71. The van der Waals surface area contributed by atoms with E-state index in [0.29, 0.717) is 11.9 Å². The Bertz CT molecular complexity index is 337. The van der Waals surface area contributed by atoms with Crippen molar-refractivity contribution in [1.82, 2.24) is 4.90 Å². The van der Waals surface area contributed by atoms with E-state index in [-0.39, 0.29) is 17.9 Å². The van der Waals surface area contributed by atoms with Gasteiger partial charge in [0.15, 0.2) is 0 Å². The zero-order valence-electron chi connectivity index (χ0n) is 10.6. The molecule has 2 aliphatic heterocycles. The number of primary amides is 1. The van der Waals surface area contributed by atoms with Gasteiger partial charge < -0.3 is 15.4 Å². The Hall–Kier alpha value is -0.910. The molecule has 0 radical (unpaired) electrons. The number of nitrogens with zero attached hydrogens (tertiary/aromatic N) is 1. The standard InChI is InChI=1S/C12H20N2O3S/c1-2-3-4-5-9-10(15)14-6-8(17-12(13)16)7-18-11(9)14/h8-9,11H,2-7H2,1H3,(H2,13,16)/t8?,9?,11-/m1/s1. The Morgan fingerprint density at radius 3 is 3.00 bits per heavy atom. The number of rotatable bonds is 5. The zero-order valence-corrected chi connectivity index (χ0v) is 11.4. The lowest BCUT2D eigenvalue weighted by Gasteiger charge is -2.51. The largest absolute Gasteiger partial charge is 0.444 e. The van der Waals surface area contributed by atoms with E-state index in [0.717, 1.165) is 18.6 Å². The van der Waals surface area contributed by atoms with E-state index in [1.165, 1.54) is 12.8 Å². The highest BCUT2D eigenvalue weighted by atomic mass is 32.2.